The average molecular weight is 365 g/mol. The van der Waals surface area contributed by atoms with Crippen LogP contribution >= 0.6 is 0 Å². The van der Waals surface area contributed by atoms with E-state index in [0.29, 0.717) is 17.9 Å². The van der Waals surface area contributed by atoms with Crippen LogP contribution in [0, 0.1) is 12.3 Å². The molecule has 0 radical (unpaired) electrons. The number of rotatable bonds is 2. The second-order valence-electron chi connectivity index (χ2n) is 8.10. The van der Waals surface area contributed by atoms with Gasteiger partial charge >= 0.3 is 0 Å². The molecular formula is C21H23N3O3. The zero-order valence-electron chi connectivity index (χ0n) is 16.0. The first kappa shape index (κ1) is 17.5. The van der Waals surface area contributed by atoms with Crippen LogP contribution in [0.1, 0.15) is 48.0 Å². The van der Waals surface area contributed by atoms with E-state index >= 15 is 0 Å². The summed E-state index contributed by atoms with van der Waals surface area (Å²) in [6, 6.07) is 10.0. The summed E-state index contributed by atoms with van der Waals surface area (Å²) in [6.45, 7) is 6.67. The fourth-order valence-electron chi connectivity index (χ4n) is 4.04. The lowest BCUT2D eigenvalue weighted by molar-refractivity contribution is 0.0725. The van der Waals surface area contributed by atoms with E-state index in [1.54, 1.807) is 14.0 Å². The first-order chi connectivity index (χ1) is 12.8. The second kappa shape index (κ2) is 6.08. The minimum Gasteiger partial charge on any atom is -0.442 e. The Kier molecular flexibility index (Phi) is 3.94. The molecule has 1 saturated heterocycles. The lowest BCUT2D eigenvalue weighted by Crippen LogP contribution is -2.33. The van der Waals surface area contributed by atoms with E-state index in [2.05, 4.69) is 18.8 Å². The summed E-state index contributed by atoms with van der Waals surface area (Å²) in [5, 5.41) is 0.263. The number of likely N-dealkylation sites (tertiary alicyclic amines) is 1. The monoisotopic (exact) mass is 365 g/mol. The number of amides is 1. The normalized spacial score (nSPS) is 19.0. The van der Waals surface area contributed by atoms with Gasteiger partial charge in [0.05, 0.1) is 11.6 Å². The van der Waals surface area contributed by atoms with Crippen LogP contribution in [-0.4, -0.2) is 26.9 Å². The quantitative estimate of drug-likeness (QED) is 0.697. The largest absolute Gasteiger partial charge is 0.442 e. The van der Waals surface area contributed by atoms with Crippen molar-refractivity contribution in [2.24, 2.45) is 12.5 Å². The topological polar surface area (TPSA) is 68.3 Å². The van der Waals surface area contributed by atoms with Crippen molar-refractivity contribution < 1.29 is 9.21 Å². The number of nitrogens with zero attached hydrogens (tertiary/aromatic N) is 3. The molecule has 3 aromatic rings. The Balaban J connectivity index is 1.84. The second-order valence-corrected chi connectivity index (χ2v) is 8.10. The smallest absolute Gasteiger partial charge is 0.265 e. The van der Waals surface area contributed by atoms with Crippen LogP contribution in [0.4, 0.5) is 0 Å². The summed E-state index contributed by atoms with van der Waals surface area (Å²) in [6.07, 6.45) is 2.28. The van der Waals surface area contributed by atoms with Crippen LogP contribution in [0.5, 0.6) is 0 Å². The molecule has 1 aliphatic rings. The summed E-state index contributed by atoms with van der Waals surface area (Å²) in [5.74, 6) is 0.262. The van der Waals surface area contributed by atoms with Crippen LogP contribution in [-0.2, 0) is 7.05 Å². The molecule has 2 aromatic heterocycles. The van der Waals surface area contributed by atoms with Crippen LogP contribution in [0.2, 0.25) is 0 Å². The van der Waals surface area contributed by atoms with Crippen molar-refractivity contribution in [3.8, 4) is 0 Å². The molecule has 4 rings (SSSR count). The Morgan fingerprint density at radius 1 is 1.26 bits per heavy atom. The highest BCUT2D eigenvalue weighted by Gasteiger charge is 2.42. The molecule has 0 bridgehead atoms. The van der Waals surface area contributed by atoms with Crippen molar-refractivity contribution in [3.05, 3.63) is 63.9 Å². The zero-order valence-corrected chi connectivity index (χ0v) is 16.0. The van der Waals surface area contributed by atoms with Gasteiger partial charge in [0.25, 0.3) is 11.5 Å². The molecule has 140 valence electrons. The van der Waals surface area contributed by atoms with E-state index < -0.39 is 0 Å². The Morgan fingerprint density at radius 3 is 2.67 bits per heavy atom. The molecule has 1 atom stereocenters. The van der Waals surface area contributed by atoms with Crippen molar-refractivity contribution in [3.63, 3.8) is 0 Å². The van der Waals surface area contributed by atoms with Crippen LogP contribution < -0.4 is 5.56 Å². The van der Waals surface area contributed by atoms with Crippen molar-refractivity contribution in [2.75, 3.05) is 6.54 Å². The molecule has 1 amide bonds. The highest BCUT2D eigenvalue weighted by Crippen LogP contribution is 2.43. The summed E-state index contributed by atoms with van der Waals surface area (Å²) < 4.78 is 7.01. The van der Waals surface area contributed by atoms with E-state index in [4.69, 9.17) is 4.42 Å². The number of carbonyl (C=O) groups excluding carboxylic acids is 1. The molecule has 0 N–H and O–H groups in total. The molecule has 6 nitrogen and oxygen atoms in total. The lowest BCUT2D eigenvalue weighted by Gasteiger charge is -2.25. The van der Waals surface area contributed by atoms with E-state index in [1.807, 2.05) is 35.2 Å². The van der Waals surface area contributed by atoms with Gasteiger partial charge in [-0.25, -0.2) is 4.98 Å². The van der Waals surface area contributed by atoms with Gasteiger partial charge in [0.2, 0.25) is 5.71 Å². The maximum Gasteiger partial charge on any atom is 0.265 e. The molecule has 3 heterocycles. The summed E-state index contributed by atoms with van der Waals surface area (Å²) >= 11 is 0. The Hall–Kier alpha value is -2.89. The number of aryl methyl sites for hydroxylation is 2. The van der Waals surface area contributed by atoms with E-state index in [0.717, 1.165) is 12.0 Å². The summed E-state index contributed by atoms with van der Waals surface area (Å²) in [4.78, 5) is 32.3. The number of hydrogen-bond donors (Lipinski definition) is 0. The fraction of sp³-hybridized carbons (Fsp3) is 0.381. The SMILES string of the molecule is Cc1oc2ncn(C)c(=O)c2c1C(=O)N1CC(C)(C)CC1c1ccccc1. The van der Waals surface area contributed by atoms with Gasteiger partial charge in [-0.05, 0) is 24.3 Å². The van der Waals surface area contributed by atoms with Crippen molar-refractivity contribution in [2.45, 2.75) is 33.2 Å². The molecule has 1 aliphatic heterocycles. The van der Waals surface area contributed by atoms with Crippen LogP contribution in [0.25, 0.3) is 11.1 Å². The van der Waals surface area contributed by atoms with Crippen LogP contribution in [0.3, 0.4) is 0 Å². The molecule has 6 heteroatoms. The minimum atomic E-state index is -0.269. The Morgan fingerprint density at radius 2 is 1.96 bits per heavy atom. The fourth-order valence-corrected chi connectivity index (χ4v) is 4.04. The minimum absolute atomic E-state index is 0.00712. The number of furan rings is 1. The predicted octanol–water partition coefficient (Wildman–Crippen LogP) is 3.45. The van der Waals surface area contributed by atoms with Crippen molar-refractivity contribution >= 4 is 17.0 Å². The molecule has 27 heavy (non-hydrogen) atoms. The standard InChI is InChI=1S/C21H23N3O3/c1-13-16(17-18(27-13)22-12-23(4)19(17)25)20(26)24-11-21(2,3)10-15(24)14-8-6-5-7-9-14/h5-9,12,15H,10-11H2,1-4H3. The van der Waals surface area contributed by atoms with Crippen molar-refractivity contribution in [1.82, 2.24) is 14.5 Å². The third kappa shape index (κ3) is 2.85. The first-order valence-corrected chi connectivity index (χ1v) is 9.09. The molecule has 0 spiro atoms. The van der Waals surface area contributed by atoms with Gasteiger partial charge in [-0.15, -0.1) is 0 Å². The highest BCUT2D eigenvalue weighted by atomic mass is 16.3. The van der Waals surface area contributed by atoms with E-state index in [1.165, 1.54) is 10.9 Å². The molecule has 1 unspecified atom stereocenters. The summed E-state index contributed by atoms with van der Waals surface area (Å²) in [7, 11) is 1.62. The third-order valence-corrected chi connectivity index (χ3v) is 5.33. The number of fused-ring (bicyclic) bond motifs is 1. The van der Waals surface area contributed by atoms with Gasteiger partial charge in [0.15, 0.2) is 0 Å². The van der Waals surface area contributed by atoms with Gasteiger partial charge < -0.3 is 13.9 Å². The molecule has 0 aliphatic carbocycles. The maximum atomic E-state index is 13.6. The highest BCUT2D eigenvalue weighted by molar-refractivity contribution is 6.06. The van der Waals surface area contributed by atoms with Gasteiger partial charge in [-0.3, -0.25) is 9.59 Å². The number of carbonyl (C=O) groups is 1. The van der Waals surface area contributed by atoms with Crippen molar-refractivity contribution in [1.29, 1.82) is 0 Å². The maximum absolute atomic E-state index is 13.6. The van der Waals surface area contributed by atoms with E-state index in [-0.39, 0.29) is 34.0 Å². The zero-order chi connectivity index (χ0) is 19.3. The number of hydrogen-bond acceptors (Lipinski definition) is 4. The van der Waals surface area contributed by atoms with Gasteiger partial charge in [-0.1, -0.05) is 44.2 Å². The Bertz CT molecular complexity index is 1080. The van der Waals surface area contributed by atoms with Gasteiger partial charge in [0, 0.05) is 13.6 Å². The Labute approximate surface area is 157 Å². The number of benzene rings is 1. The third-order valence-electron chi connectivity index (χ3n) is 5.33. The van der Waals surface area contributed by atoms with E-state index in [9.17, 15) is 9.59 Å². The predicted molar refractivity (Wildman–Crippen MR) is 103 cm³/mol. The summed E-state index contributed by atoms with van der Waals surface area (Å²) in [5.41, 5.74) is 1.38. The molecule has 1 aromatic carbocycles. The van der Waals surface area contributed by atoms with Crippen LogP contribution in [0.15, 0.2) is 45.9 Å². The molecule has 0 saturated carbocycles. The molecular weight excluding hydrogens is 342 g/mol. The van der Waals surface area contributed by atoms with Gasteiger partial charge in [0.1, 0.15) is 17.5 Å². The molecule has 1 fully saturated rings. The lowest BCUT2D eigenvalue weighted by atomic mass is 9.89. The number of aromatic nitrogens is 2. The average Bonchev–Trinajstić information content (AvgIpc) is 3.15. The van der Waals surface area contributed by atoms with Gasteiger partial charge in [-0.2, -0.15) is 0 Å². The first-order valence-electron chi connectivity index (χ1n) is 9.09.